The fraction of sp³-hybridized carbons (Fsp3) is 0.484. The van der Waals surface area contributed by atoms with Gasteiger partial charge in [0.15, 0.2) is 11.5 Å². The van der Waals surface area contributed by atoms with E-state index in [4.69, 9.17) is 9.26 Å². The Morgan fingerprint density at radius 3 is 2.49 bits per heavy atom. The zero-order valence-electron chi connectivity index (χ0n) is 24.5. The normalized spacial score (nSPS) is 19.6. The van der Waals surface area contributed by atoms with Gasteiger partial charge < -0.3 is 25.2 Å². The minimum absolute atomic E-state index is 0.0359. The highest BCUT2D eigenvalue weighted by Crippen LogP contribution is 2.23. The van der Waals surface area contributed by atoms with Crippen LogP contribution in [0.4, 0.5) is 4.39 Å². The Morgan fingerprint density at radius 2 is 1.91 bits per heavy atom. The number of amides is 3. The number of ether oxygens (including phenoxy) is 1. The largest absolute Gasteiger partial charge is 0.462 e. The number of rotatable bonds is 13. The Bertz CT molecular complexity index is 1380. The van der Waals surface area contributed by atoms with E-state index in [1.54, 1.807) is 39.0 Å². The summed E-state index contributed by atoms with van der Waals surface area (Å²) in [4.78, 5) is 64.7. The van der Waals surface area contributed by atoms with Crippen molar-refractivity contribution in [2.24, 2.45) is 17.8 Å². The summed E-state index contributed by atoms with van der Waals surface area (Å²) >= 11 is 0. The topological polar surface area (TPSA) is 157 Å². The van der Waals surface area contributed by atoms with E-state index >= 15 is 0 Å². The van der Waals surface area contributed by atoms with E-state index in [1.807, 2.05) is 0 Å². The Balaban J connectivity index is 1.55. The average Bonchev–Trinajstić information content (AvgIpc) is 3.69. The SMILES string of the molecule is Cc1cc(C(=O)N[C@H](C(=O)C[C@@H](Cc2ccc(F)cc2)C(=O)N[C@H](/C=C2\CCOC2=O)C[C@@H]2CCNC2=O)C(C)C)no1. The van der Waals surface area contributed by atoms with Crippen LogP contribution in [0.2, 0.25) is 0 Å². The maximum Gasteiger partial charge on any atom is 0.333 e. The van der Waals surface area contributed by atoms with E-state index in [0.717, 1.165) is 0 Å². The number of carbonyl (C=O) groups is 5. The average molecular weight is 597 g/mol. The van der Waals surface area contributed by atoms with Gasteiger partial charge in [-0.15, -0.1) is 0 Å². The number of benzene rings is 1. The Morgan fingerprint density at radius 1 is 1.16 bits per heavy atom. The smallest absolute Gasteiger partial charge is 0.333 e. The van der Waals surface area contributed by atoms with Crippen LogP contribution >= 0.6 is 0 Å². The van der Waals surface area contributed by atoms with Crippen LogP contribution < -0.4 is 16.0 Å². The maximum atomic E-state index is 13.8. The number of carbonyl (C=O) groups excluding carboxylic acids is 5. The van der Waals surface area contributed by atoms with Gasteiger partial charge in [0.05, 0.1) is 12.6 Å². The number of aryl methyl sites for hydroxylation is 1. The highest BCUT2D eigenvalue weighted by atomic mass is 19.1. The number of cyclic esters (lactones) is 1. The van der Waals surface area contributed by atoms with Crippen molar-refractivity contribution < 1.29 is 37.6 Å². The number of esters is 1. The number of ketones is 1. The molecule has 0 saturated carbocycles. The van der Waals surface area contributed by atoms with E-state index in [9.17, 15) is 28.4 Å². The number of aromatic nitrogens is 1. The molecule has 12 heteroatoms. The molecule has 11 nitrogen and oxygen atoms in total. The lowest BCUT2D eigenvalue weighted by Gasteiger charge is -2.25. The first-order chi connectivity index (χ1) is 20.5. The third kappa shape index (κ3) is 8.59. The van der Waals surface area contributed by atoms with Gasteiger partial charge in [0, 0.05) is 48.9 Å². The van der Waals surface area contributed by atoms with Gasteiger partial charge in [-0.25, -0.2) is 9.18 Å². The molecule has 3 N–H and O–H groups in total. The van der Waals surface area contributed by atoms with Gasteiger partial charge >= 0.3 is 5.97 Å². The van der Waals surface area contributed by atoms with Gasteiger partial charge in [-0.2, -0.15) is 0 Å². The predicted molar refractivity (Wildman–Crippen MR) is 152 cm³/mol. The van der Waals surface area contributed by atoms with Gasteiger partial charge in [-0.1, -0.05) is 37.2 Å². The summed E-state index contributed by atoms with van der Waals surface area (Å²) in [5.41, 5.74) is 1.09. The molecule has 3 heterocycles. The molecule has 0 spiro atoms. The molecule has 3 amide bonds. The van der Waals surface area contributed by atoms with Crippen LogP contribution in [0.1, 0.15) is 61.3 Å². The molecule has 2 saturated heterocycles. The van der Waals surface area contributed by atoms with E-state index in [-0.39, 0.29) is 55.1 Å². The molecule has 43 heavy (non-hydrogen) atoms. The molecule has 1 aromatic carbocycles. The first-order valence-electron chi connectivity index (χ1n) is 14.5. The first-order valence-corrected chi connectivity index (χ1v) is 14.5. The van der Waals surface area contributed by atoms with Crippen LogP contribution in [-0.4, -0.2) is 59.9 Å². The molecule has 0 aliphatic carbocycles. The number of nitrogens with one attached hydrogen (secondary N) is 3. The minimum atomic E-state index is -0.915. The summed E-state index contributed by atoms with van der Waals surface area (Å²) in [5, 5.41) is 12.1. The minimum Gasteiger partial charge on any atom is -0.462 e. The summed E-state index contributed by atoms with van der Waals surface area (Å²) < 4.78 is 23.6. The first kappa shape index (κ1) is 31.6. The second-order valence-electron chi connectivity index (χ2n) is 11.4. The Labute approximate surface area is 249 Å². The molecule has 0 bridgehead atoms. The predicted octanol–water partition coefficient (Wildman–Crippen LogP) is 2.58. The van der Waals surface area contributed by atoms with Crippen LogP contribution in [0.5, 0.6) is 0 Å². The van der Waals surface area contributed by atoms with Crippen LogP contribution in [-0.2, 0) is 30.3 Å². The molecular formula is C31H37FN4O7. The number of nitrogens with zero attached hydrogens (tertiary/aromatic N) is 1. The molecule has 230 valence electrons. The zero-order chi connectivity index (χ0) is 31.1. The lowest BCUT2D eigenvalue weighted by atomic mass is 9.87. The molecule has 2 aliphatic rings. The molecule has 4 rings (SSSR count). The molecule has 4 atom stereocenters. The molecule has 2 aliphatic heterocycles. The van der Waals surface area contributed by atoms with Gasteiger partial charge in [-0.05, 0) is 49.8 Å². The molecule has 1 aromatic heterocycles. The van der Waals surface area contributed by atoms with Crippen molar-refractivity contribution >= 4 is 29.5 Å². The van der Waals surface area contributed by atoms with E-state index in [0.29, 0.717) is 36.3 Å². The summed E-state index contributed by atoms with van der Waals surface area (Å²) in [7, 11) is 0. The molecule has 0 unspecified atom stereocenters. The van der Waals surface area contributed by atoms with Crippen molar-refractivity contribution in [1.82, 2.24) is 21.1 Å². The third-order valence-corrected chi connectivity index (χ3v) is 7.67. The summed E-state index contributed by atoms with van der Waals surface area (Å²) in [6.07, 6.45) is 2.78. The van der Waals surface area contributed by atoms with E-state index in [1.165, 1.54) is 18.2 Å². The quantitative estimate of drug-likeness (QED) is 0.235. The van der Waals surface area contributed by atoms with Crippen LogP contribution in [0.25, 0.3) is 0 Å². The van der Waals surface area contributed by atoms with Gasteiger partial charge in [0.2, 0.25) is 11.8 Å². The van der Waals surface area contributed by atoms with Gasteiger partial charge in [-0.3, -0.25) is 19.2 Å². The fourth-order valence-corrected chi connectivity index (χ4v) is 5.33. The Hall–Kier alpha value is -4.35. The highest BCUT2D eigenvalue weighted by Gasteiger charge is 2.33. The van der Waals surface area contributed by atoms with Crippen molar-refractivity contribution in [3.05, 3.63) is 64.8 Å². The van der Waals surface area contributed by atoms with Gasteiger partial charge in [0.1, 0.15) is 11.6 Å². The number of halogens is 1. The third-order valence-electron chi connectivity index (χ3n) is 7.67. The molecule has 0 radical (unpaired) electrons. The molecule has 2 fully saturated rings. The Kier molecular flexibility index (Phi) is 10.4. The standard InChI is InChI=1S/C31H37FN4O7/c1-17(2)27(35-30(40)25-12-18(3)43-36-25)26(37)16-22(13-19-4-6-23(32)7-5-19)29(39)34-24(14-20-8-10-33-28(20)38)15-21-9-11-42-31(21)41/h4-7,12,15,17,20,22,24,27H,8-11,13-14,16H2,1-3H3,(H,33,38)(H,34,39)(H,35,40)/b21-15+/t20-,22+,24-,27-/m0/s1. The summed E-state index contributed by atoms with van der Waals surface area (Å²) in [6.45, 7) is 5.97. The lowest BCUT2D eigenvalue weighted by Crippen LogP contribution is -2.47. The van der Waals surface area contributed by atoms with Crippen molar-refractivity contribution in [1.29, 1.82) is 0 Å². The number of hydrogen-bond acceptors (Lipinski definition) is 8. The van der Waals surface area contributed by atoms with Gasteiger partial charge in [0.25, 0.3) is 5.91 Å². The fourth-order valence-electron chi connectivity index (χ4n) is 5.33. The zero-order valence-corrected chi connectivity index (χ0v) is 24.5. The lowest BCUT2D eigenvalue weighted by molar-refractivity contribution is -0.135. The summed E-state index contributed by atoms with van der Waals surface area (Å²) in [5.74, 6) is -3.53. The van der Waals surface area contributed by atoms with Crippen molar-refractivity contribution in [2.45, 2.75) is 65.0 Å². The van der Waals surface area contributed by atoms with Crippen LogP contribution in [0.3, 0.4) is 0 Å². The number of hydrogen-bond donors (Lipinski definition) is 3. The van der Waals surface area contributed by atoms with Crippen LogP contribution in [0, 0.1) is 30.5 Å². The van der Waals surface area contributed by atoms with Crippen molar-refractivity contribution in [3.8, 4) is 0 Å². The molecule has 2 aromatic rings. The monoisotopic (exact) mass is 596 g/mol. The maximum absolute atomic E-state index is 13.8. The van der Waals surface area contributed by atoms with E-state index in [2.05, 4.69) is 21.1 Å². The second-order valence-corrected chi connectivity index (χ2v) is 11.4. The second kappa shape index (κ2) is 14.2. The van der Waals surface area contributed by atoms with Crippen LogP contribution in [0.15, 0.2) is 46.5 Å². The number of Topliss-reactive ketones (excluding diaryl/α,β-unsaturated/α-hetero) is 1. The highest BCUT2D eigenvalue weighted by molar-refractivity contribution is 5.98. The van der Waals surface area contributed by atoms with Crippen molar-refractivity contribution in [3.63, 3.8) is 0 Å². The van der Waals surface area contributed by atoms with Crippen molar-refractivity contribution in [2.75, 3.05) is 13.2 Å². The summed E-state index contributed by atoms with van der Waals surface area (Å²) in [6, 6.07) is 5.53. The molecular weight excluding hydrogens is 559 g/mol. The van der Waals surface area contributed by atoms with E-state index < -0.39 is 41.6 Å².